The number of hydrogen-bond acceptors (Lipinski definition) is 2. The van der Waals surface area contributed by atoms with E-state index in [1.807, 2.05) is 11.8 Å². The summed E-state index contributed by atoms with van der Waals surface area (Å²) in [6.45, 7) is 6.50. The van der Waals surface area contributed by atoms with Crippen molar-refractivity contribution in [2.45, 2.75) is 51.3 Å². The van der Waals surface area contributed by atoms with E-state index in [2.05, 4.69) is 45.0 Å². The predicted molar refractivity (Wildman–Crippen MR) is 79.6 cm³/mol. The van der Waals surface area contributed by atoms with Crippen molar-refractivity contribution in [2.75, 3.05) is 5.75 Å². The first-order valence-electron chi connectivity index (χ1n) is 6.59. The standard InChI is InChI=1S/C15H25NS/c1-4-5-6-10-17-15(13(3)16)14-9-7-8-12(2)11-14/h7-9,11,13,15H,4-6,10,16H2,1-3H3. The third-order valence-corrected chi connectivity index (χ3v) is 4.48. The predicted octanol–water partition coefficient (Wildman–Crippen LogP) is 4.31. The smallest absolute Gasteiger partial charge is 0.0445 e. The van der Waals surface area contributed by atoms with Gasteiger partial charge in [-0.2, -0.15) is 11.8 Å². The fourth-order valence-corrected chi connectivity index (χ4v) is 3.23. The molecular formula is C15H25NS. The average Bonchev–Trinajstić information content (AvgIpc) is 2.28. The second-order valence-corrected chi connectivity index (χ2v) is 6.02. The van der Waals surface area contributed by atoms with Gasteiger partial charge < -0.3 is 5.73 Å². The molecule has 2 heteroatoms. The van der Waals surface area contributed by atoms with Crippen LogP contribution >= 0.6 is 11.8 Å². The highest BCUT2D eigenvalue weighted by atomic mass is 32.2. The van der Waals surface area contributed by atoms with Crippen LogP contribution in [0, 0.1) is 6.92 Å². The SMILES string of the molecule is CCCCCSC(c1cccc(C)c1)C(C)N. The Morgan fingerprint density at radius 2 is 2.06 bits per heavy atom. The number of nitrogens with two attached hydrogens (primary N) is 1. The first kappa shape index (κ1) is 14.6. The summed E-state index contributed by atoms with van der Waals surface area (Å²) in [6, 6.07) is 8.95. The van der Waals surface area contributed by atoms with Crippen LogP contribution in [0.2, 0.25) is 0 Å². The second kappa shape index (κ2) is 7.78. The molecule has 0 aliphatic heterocycles. The maximum atomic E-state index is 6.11. The van der Waals surface area contributed by atoms with Crippen molar-refractivity contribution in [3.05, 3.63) is 35.4 Å². The van der Waals surface area contributed by atoms with Crippen molar-refractivity contribution >= 4 is 11.8 Å². The molecule has 96 valence electrons. The summed E-state index contributed by atoms with van der Waals surface area (Å²) >= 11 is 2.01. The molecule has 0 bridgehead atoms. The minimum absolute atomic E-state index is 0.212. The Balaban J connectivity index is 2.59. The topological polar surface area (TPSA) is 26.0 Å². The molecule has 0 spiro atoms. The van der Waals surface area contributed by atoms with Crippen LogP contribution in [0.25, 0.3) is 0 Å². The van der Waals surface area contributed by atoms with E-state index in [0.717, 1.165) is 0 Å². The minimum atomic E-state index is 0.212. The zero-order valence-electron chi connectivity index (χ0n) is 11.3. The molecule has 17 heavy (non-hydrogen) atoms. The van der Waals surface area contributed by atoms with Crippen molar-refractivity contribution in [3.8, 4) is 0 Å². The average molecular weight is 251 g/mol. The van der Waals surface area contributed by atoms with Crippen molar-refractivity contribution in [1.29, 1.82) is 0 Å². The molecule has 0 aliphatic rings. The van der Waals surface area contributed by atoms with Gasteiger partial charge in [-0.1, -0.05) is 49.6 Å². The molecule has 0 aliphatic carbocycles. The molecule has 0 aromatic heterocycles. The fraction of sp³-hybridized carbons (Fsp3) is 0.600. The lowest BCUT2D eigenvalue weighted by Gasteiger charge is -2.21. The summed E-state index contributed by atoms with van der Waals surface area (Å²) in [5.41, 5.74) is 8.81. The minimum Gasteiger partial charge on any atom is -0.327 e. The molecule has 1 nitrogen and oxygen atoms in total. The molecule has 0 amide bonds. The number of unbranched alkanes of at least 4 members (excludes halogenated alkanes) is 2. The van der Waals surface area contributed by atoms with Gasteiger partial charge in [-0.15, -0.1) is 0 Å². The van der Waals surface area contributed by atoms with Gasteiger partial charge in [-0.05, 0) is 31.6 Å². The van der Waals surface area contributed by atoms with Crippen molar-refractivity contribution in [3.63, 3.8) is 0 Å². The number of rotatable bonds is 7. The molecule has 0 fully saturated rings. The molecule has 0 saturated heterocycles. The van der Waals surface area contributed by atoms with E-state index in [-0.39, 0.29) is 6.04 Å². The number of aryl methyl sites for hydroxylation is 1. The van der Waals surface area contributed by atoms with Gasteiger partial charge in [0.1, 0.15) is 0 Å². The summed E-state index contributed by atoms with van der Waals surface area (Å²) in [7, 11) is 0. The summed E-state index contributed by atoms with van der Waals surface area (Å²) in [6.07, 6.45) is 3.91. The summed E-state index contributed by atoms with van der Waals surface area (Å²) in [5.74, 6) is 1.22. The molecule has 0 radical (unpaired) electrons. The van der Waals surface area contributed by atoms with Crippen molar-refractivity contribution in [1.82, 2.24) is 0 Å². The Bertz CT molecular complexity index is 322. The van der Waals surface area contributed by atoms with Crippen LogP contribution in [0.5, 0.6) is 0 Å². The Hall–Kier alpha value is -0.470. The van der Waals surface area contributed by atoms with Crippen LogP contribution in [-0.4, -0.2) is 11.8 Å². The normalized spacial score (nSPS) is 14.6. The highest BCUT2D eigenvalue weighted by molar-refractivity contribution is 7.99. The second-order valence-electron chi connectivity index (χ2n) is 4.77. The first-order valence-corrected chi connectivity index (χ1v) is 7.63. The van der Waals surface area contributed by atoms with E-state index in [0.29, 0.717) is 5.25 Å². The zero-order valence-corrected chi connectivity index (χ0v) is 12.1. The van der Waals surface area contributed by atoms with Crippen LogP contribution < -0.4 is 5.73 Å². The number of hydrogen-bond donors (Lipinski definition) is 1. The highest BCUT2D eigenvalue weighted by Crippen LogP contribution is 2.32. The quantitative estimate of drug-likeness (QED) is 0.731. The van der Waals surface area contributed by atoms with Gasteiger partial charge in [-0.3, -0.25) is 0 Å². The van der Waals surface area contributed by atoms with Crippen molar-refractivity contribution in [2.24, 2.45) is 5.73 Å². The third-order valence-electron chi connectivity index (χ3n) is 2.89. The van der Waals surface area contributed by atoms with Gasteiger partial charge in [0.05, 0.1) is 0 Å². The van der Waals surface area contributed by atoms with Gasteiger partial charge in [0, 0.05) is 11.3 Å². The Morgan fingerprint density at radius 1 is 1.29 bits per heavy atom. The van der Waals surface area contributed by atoms with Gasteiger partial charge in [-0.25, -0.2) is 0 Å². The van der Waals surface area contributed by atoms with Crippen LogP contribution in [0.4, 0.5) is 0 Å². The molecule has 1 rings (SSSR count). The maximum absolute atomic E-state index is 6.11. The monoisotopic (exact) mass is 251 g/mol. The fourth-order valence-electron chi connectivity index (χ4n) is 1.96. The van der Waals surface area contributed by atoms with Gasteiger partial charge in [0.15, 0.2) is 0 Å². The van der Waals surface area contributed by atoms with Crippen LogP contribution in [-0.2, 0) is 0 Å². The Morgan fingerprint density at radius 3 is 2.65 bits per heavy atom. The Kier molecular flexibility index (Phi) is 6.68. The molecule has 2 unspecified atom stereocenters. The van der Waals surface area contributed by atoms with Crippen molar-refractivity contribution < 1.29 is 0 Å². The summed E-state index contributed by atoms with van der Waals surface area (Å²) < 4.78 is 0. The molecule has 2 N–H and O–H groups in total. The summed E-state index contributed by atoms with van der Waals surface area (Å²) in [5, 5.41) is 0.437. The van der Waals surface area contributed by atoms with E-state index >= 15 is 0 Å². The number of benzene rings is 1. The van der Waals surface area contributed by atoms with E-state index in [1.54, 1.807) is 0 Å². The van der Waals surface area contributed by atoms with E-state index in [1.165, 1.54) is 36.1 Å². The van der Waals surface area contributed by atoms with E-state index in [4.69, 9.17) is 5.73 Å². The van der Waals surface area contributed by atoms with Crippen LogP contribution in [0.1, 0.15) is 49.5 Å². The molecular weight excluding hydrogens is 226 g/mol. The lowest BCUT2D eigenvalue weighted by atomic mass is 10.0. The maximum Gasteiger partial charge on any atom is 0.0445 e. The lowest BCUT2D eigenvalue weighted by molar-refractivity contribution is 0.716. The largest absolute Gasteiger partial charge is 0.327 e. The van der Waals surface area contributed by atoms with E-state index < -0.39 is 0 Å². The molecule has 0 heterocycles. The Labute approximate surface area is 110 Å². The van der Waals surface area contributed by atoms with Crippen LogP contribution in [0.15, 0.2) is 24.3 Å². The highest BCUT2D eigenvalue weighted by Gasteiger charge is 2.16. The van der Waals surface area contributed by atoms with Gasteiger partial charge >= 0.3 is 0 Å². The zero-order chi connectivity index (χ0) is 12.7. The van der Waals surface area contributed by atoms with E-state index in [9.17, 15) is 0 Å². The molecule has 2 atom stereocenters. The van der Waals surface area contributed by atoms with Crippen LogP contribution in [0.3, 0.4) is 0 Å². The third kappa shape index (κ3) is 5.13. The number of thioether (sulfide) groups is 1. The molecule has 1 aromatic rings. The van der Waals surface area contributed by atoms with Gasteiger partial charge in [0.2, 0.25) is 0 Å². The molecule has 0 saturated carbocycles. The van der Waals surface area contributed by atoms with Gasteiger partial charge in [0.25, 0.3) is 0 Å². The molecule has 1 aromatic carbocycles. The lowest BCUT2D eigenvalue weighted by Crippen LogP contribution is -2.23. The first-order chi connectivity index (χ1) is 8.15. The summed E-state index contributed by atoms with van der Waals surface area (Å²) in [4.78, 5) is 0.